The van der Waals surface area contributed by atoms with E-state index in [1.807, 2.05) is 13.8 Å². The lowest BCUT2D eigenvalue weighted by Gasteiger charge is -2.10. The van der Waals surface area contributed by atoms with Crippen LogP contribution >= 0.6 is 11.6 Å². The minimum Gasteiger partial charge on any atom is -0.353 e. The van der Waals surface area contributed by atoms with E-state index in [0.717, 1.165) is 0 Å². The first-order valence-electron chi connectivity index (χ1n) is 3.10. The Hall–Kier alpha value is 0.210. The highest BCUT2D eigenvalue weighted by Gasteiger charge is 1.96. The number of halogens is 1. The van der Waals surface area contributed by atoms with E-state index in [4.69, 9.17) is 21.1 Å². The van der Waals surface area contributed by atoms with Crippen molar-refractivity contribution in [1.29, 1.82) is 0 Å². The molecule has 1 unspecified atom stereocenters. The monoisotopic (exact) mass is 152 g/mol. The van der Waals surface area contributed by atoms with Gasteiger partial charge in [-0.25, -0.2) is 0 Å². The first kappa shape index (κ1) is 9.21. The molecule has 0 aliphatic carbocycles. The molecule has 2 nitrogen and oxygen atoms in total. The van der Waals surface area contributed by atoms with Gasteiger partial charge in [-0.2, -0.15) is 0 Å². The van der Waals surface area contributed by atoms with E-state index in [2.05, 4.69) is 0 Å². The van der Waals surface area contributed by atoms with Crippen molar-refractivity contribution in [1.82, 2.24) is 0 Å². The van der Waals surface area contributed by atoms with Crippen LogP contribution in [0.1, 0.15) is 13.8 Å². The Balaban J connectivity index is 2.95. The van der Waals surface area contributed by atoms with E-state index in [0.29, 0.717) is 19.1 Å². The quantitative estimate of drug-likeness (QED) is 0.440. The predicted molar refractivity (Wildman–Crippen MR) is 37.8 cm³/mol. The summed E-state index contributed by atoms with van der Waals surface area (Å²) in [7, 11) is 0. The fourth-order valence-electron chi connectivity index (χ4n) is 0.493. The Morgan fingerprint density at radius 3 is 2.56 bits per heavy atom. The minimum atomic E-state index is -0.117. The number of hydrogen-bond donors (Lipinski definition) is 0. The molecule has 0 N–H and O–H groups in total. The van der Waals surface area contributed by atoms with Crippen LogP contribution in [-0.2, 0) is 9.47 Å². The average Bonchev–Trinajstić information content (AvgIpc) is 1.85. The van der Waals surface area contributed by atoms with Gasteiger partial charge in [-0.1, -0.05) is 0 Å². The van der Waals surface area contributed by atoms with Gasteiger partial charge in [0.05, 0.1) is 6.61 Å². The maximum Gasteiger partial charge on any atom is 0.154 e. The van der Waals surface area contributed by atoms with E-state index >= 15 is 0 Å². The van der Waals surface area contributed by atoms with Crippen molar-refractivity contribution in [2.24, 2.45) is 0 Å². The number of ether oxygens (including phenoxy) is 2. The van der Waals surface area contributed by atoms with Crippen LogP contribution in [0.4, 0.5) is 0 Å². The molecular formula is C6H13ClO2. The van der Waals surface area contributed by atoms with Crippen LogP contribution < -0.4 is 0 Å². The third-order valence-corrected chi connectivity index (χ3v) is 0.985. The predicted octanol–water partition coefficient (Wildman–Crippen LogP) is 1.62. The highest BCUT2D eigenvalue weighted by Crippen LogP contribution is 1.92. The highest BCUT2D eigenvalue weighted by molar-refractivity contribution is 6.17. The summed E-state index contributed by atoms with van der Waals surface area (Å²) < 4.78 is 10.1. The van der Waals surface area contributed by atoms with Crippen molar-refractivity contribution in [3.63, 3.8) is 0 Å². The van der Waals surface area contributed by atoms with Gasteiger partial charge in [0.25, 0.3) is 0 Å². The molecule has 0 aliphatic heterocycles. The van der Waals surface area contributed by atoms with Crippen molar-refractivity contribution >= 4 is 11.6 Å². The summed E-state index contributed by atoms with van der Waals surface area (Å²) in [6.07, 6.45) is -0.117. The van der Waals surface area contributed by atoms with Gasteiger partial charge in [0.15, 0.2) is 6.29 Å². The van der Waals surface area contributed by atoms with Crippen molar-refractivity contribution in [3.05, 3.63) is 0 Å². The molecule has 0 bridgehead atoms. The van der Waals surface area contributed by atoms with E-state index in [-0.39, 0.29) is 6.29 Å². The lowest BCUT2D eigenvalue weighted by atomic mass is 10.7. The smallest absolute Gasteiger partial charge is 0.154 e. The molecule has 0 fully saturated rings. The summed E-state index contributed by atoms with van der Waals surface area (Å²) in [5.74, 6) is 0.525. The Bertz CT molecular complexity index is 59.0. The standard InChI is InChI=1S/C6H13ClO2/c1-3-8-6(2)9-5-4-7/h6H,3-5H2,1-2H3. The third-order valence-electron chi connectivity index (χ3n) is 0.831. The summed E-state index contributed by atoms with van der Waals surface area (Å²) in [6.45, 7) is 5.03. The maximum absolute atomic E-state index is 5.37. The molecule has 0 aliphatic rings. The first-order chi connectivity index (χ1) is 4.31. The third kappa shape index (κ3) is 6.09. The highest BCUT2D eigenvalue weighted by atomic mass is 35.5. The molecule has 0 saturated heterocycles. The molecule has 0 amide bonds. The molecule has 0 radical (unpaired) electrons. The summed E-state index contributed by atoms with van der Waals surface area (Å²) in [5.41, 5.74) is 0. The molecule has 9 heavy (non-hydrogen) atoms. The maximum atomic E-state index is 5.37. The molecule has 0 heterocycles. The lowest BCUT2D eigenvalue weighted by Crippen LogP contribution is -2.13. The SMILES string of the molecule is CCOC(C)OCCCl. The van der Waals surface area contributed by atoms with Crippen LogP contribution in [0.15, 0.2) is 0 Å². The fraction of sp³-hybridized carbons (Fsp3) is 1.00. The molecule has 56 valence electrons. The Morgan fingerprint density at radius 1 is 1.44 bits per heavy atom. The van der Waals surface area contributed by atoms with Gasteiger partial charge >= 0.3 is 0 Å². The zero-order valence-corrected chi connectivity index (χ0v) is 6.65. The zero-order chi connectivity index (χ0) is 7.11. The fourth-order valence-corrected chi connectivity index (χ4v) is 0.582. The van der Waals surface area contributed by atoms with Crippen LogP contribution in [0, 0.1) is 0 Å². The first-order valence-corrected chi connectivity index (χ1v) is 3.63. The molecule has 0 aromatic carbocycles. The normalized spacial score (nSPS) is 13.7. The Kier molecular flexibility index (Phi) is 6.48. The van der Waals surface area contributed by atoms with Gasteiger partial charge in [0.2, 0.25) is 0 Å². The molecule has 0 saturated carbocycles. The molecule has 0 spiro atoms. The summed E-state index contributed by atoms with van der Waals surface area (Å²) in [5, 5.41) is 0. The molecule has 0 aromatic rings. The molecule has 3 heteroatoms. The number of rotatable bonds is 5. The molecule has 0 aromatic heterocycles. The van der Waals surface area contributed by atoms with E-state index in [1.54, 1.807) is 0 Å². The second kappa shape index (κ2) is 6.33. The topological polar surface area (TPSA) is 18.5 Å². The Morgan fingerprint density at radius 2 is 2.11 bits per heavy atom. The average molecular weight is 153 g/mol. The largest absolute Gasteiger partial charge is 0.353 e. The zero-order valence-electron chi connectivity index (χ0n) is 5.89. The molecular weight excluding hydrogens is 140 g/mol. The van der Waals surface area contributed by atoms with E-state index in [1.165, 1.54) is 0 Å². The van der Waals surface area contributed by atoms with Crippen LogP contribution in [-0.4, -0.2) is 25.4 Å². The van der Waals surface area contributed by atoms with Gasteiger partial charge in [-0.15, -0.1) is 11.6 Å². The van der Waals surface area contributed by atoms with Gasteiger partial charge in [-0.3, -0.25) is 0 Å². The van der Waals surface area contributed by atoms with Gasteiger partial charge in [0.1, 0.15) is 0 Å². The van der Waals surface area contributed by atoms with Crippen molar-refractivity contribution in [2.45, 2.75) is 20.1 Å². The molecule has 0 rings (SSSR count). The lowest BCUT2D eigenvalue weighted by molar-refractivity contribution is -0.122. The van der Waals surface area contributed by atoms with Crippen LogP contribution in [0.25, 0.3) is 0 Å². The summed E-state index contributed by atoms with van der Waals surface area (Å²) in [4.78, 5) is 0. The molecule has 1 atom stereocenters. The van der Waals surface area contributed by atoms with Crippen LogP contribution in [0.5, 0.6) is 0 Å². The van der Waals surface area contributed by atoms with Gasteiger partial charge in [0, 0.05) is 12.5 Å². The van der Waals surface area contributed by atoms with Crippen molar-refractivity contribution in [2.75, 3.05) is 19.1 Å². The minimum absolute atomic E-state index is 0.117. The van der Waals surface area contributed by atoms with E-state index < -0.39 is 0 Å². The Labute approximate surface area is 61.1 Å². The van der Waals surface area contributed by atoms with Crippen LogP contribution in [0.3, 0.4) is 0 Å². The summed E-state index contributed by atoms with van der Waals surface area (Å²) in [6, 6.07) is 0. The van der Waals surface area contributed by atoms with E-state index in [9.17, 15) is 0 Å². The number of alkyl halides is 1. The second-order valence-corrected chi connectivity index (χ2v) is 1.96. The summed E-state index contributed by atoms with van der Waals surface area (Å²) >= 11 is 5.37. The van der Waals surface area contributed by atoms with Gasteiger partial charge in [-0.05, 0) is 13.8 Å². The van der Waals surface area contributed by atoms with Gasteiger partial charge < -0.3 is 9.47 Å². The van der Waals surface area contributed by atoms with Crippen LogP contribution in [0.2, 0.25) is 0 Å². The second-order valence-electron chi connectivity index (χ2n) is 1.58. The number of hydrogen-bond acceptors (Lipinski definition) is 2. The van der Waals surface area contributed by atoms with Crippen molar-refractivity contribution in [3.8, 4) is 0 Å². The van der Waals surface area contributed by atoms with Crippen molar-refractivity contribution < 1.29 is 9.47 Å².